The number of hydrogen-bond acceptors (Lipinski definition) is 3. The molecular formula is C15H29N3O2S. The fourth-order valence-corrected chi connectivity index (χ4v) is 5.46. The van der Waals surface area contributed by atoms with Gasteiger partial charge in [-0.1, -0.05) is 13.3 Å². The highest BCUT2D eigenvalue weighted by molar-refractivity contribution is 7.86. The molecule has 0 aromatic carbocycles. The fraction of sp³-hybridized carbons (Fsp3) is 1.00. The molecule has 5 nitrogen and oxygen atoms in total. The Balaban J connectivity index is 1.69. The molecule has 122 valence electrons. The molecule has 3 aliphatic rings. The summed E-state index contributed by atoms with van der Waals surface area (Å²) in [4.78, 5) is 0. The van der Waals surface area contributed by atoms with Gasteiger partial charge in [0, 0.05) is 37.8 Å². The molecule has 0 amide bonds. The van der Waals surface area contributed by atoms with E-state index in [1.807, 2.05) is 0 Å². The van der Waals surface area contributed by atoms with Crippen LogP contribution in [-0.4, -0.2) is 54.8 Å². The Hall–Kier alpha value is -0.170. The lowest BCUT2D eigenvalue weighted by Crippen LogP contribution is -2.54. The summed E-state index contributed by atoms with van der Waals surface area (Å²) in [6.07, 6.45) is 8.64. The van der Waals surface area contributed by atoms with Gasteiger partial charge >= 0.3 is 0 Å². The molecule has 1 heterocycles. The lowest BCUT2D eigenvalue weighted by molar-refractivity contribution is 0.223. The molecule has 1 atom stereocenters. The average molecular weight is 315 g/mol. The zero-order chi connectivity index (χ0) is 14.9. The van der Waals surface area contributed by atoms with Gasteiger partial charge in [-0.3, -0.25) is 0 Å². The first kappa shape index (κ1) is 15.7. The van der Waals surface area contributed by atoms with Crippen molar-refractivity contribution in [3.63, 3.8) is 0 Å². The van der Waals surface area contributed by atoms with Crippen LogP contribution in [0.3, 0.4) is 0 Å². The van der Waals surface area contributed by atoms with Gasteiger partial charge in [0.2, 0.25) is 0 Å². The van der Waals surface area contributed by atoms with Gasteiger partial charge in [-0.15, -0.1) is 0 Å². The van der Waals surface area contributed by atoms with Gasteiger partial charge in [-0.05, 0) is 44.9 Å². The van der Waals surface area contributed by atoms with E-state index in [0.717, 1.165) is 45.1 Å². The summed E-state index contributed by atoms with van der Waals surface area (Å²) in [7, 11) is -3.27. The van der Waals surface area contributed by atoms with Crippen LogP contribution in [-0.2, 0) is 10.2 Å². The quantitative estimate of drug-likeness (QED) is 0.742. The van der Waals surface area contributed by atoms with Crippen molar-refractivity contribution in [1.29, 1.82) is 0 Å². The summed E-state index contributed by atoms with van der Waals surface area (Å²) >= 11 is 0. The van der Waals surface area contributed by atoms with Gasteiger partial charge in [0.1, 0.15) is 0 Å². The van der Waals surface area contributed by atoms with Crippen LogP contribution in [0.15, 0.2) is 0 Å². The molecule has 3 fully saturated rings. The molecule has 6 heteroatoms. The third-order valence-corrected chi connectivity index (χ3v) is 6.93. The first-order valence-corrected chi connectivity index (χ1v) is 10.0. The van der Waals surface area contributed by atoms with Gasteiger partial charge < -0.3 is 5.32 Å². The monoisotopic (exact) mass is 315 g/mol. The Morgan fingerprint density at radius 2 is 1.90 bits per heavy atom. The summed E-state index contributed by atoms with van der Waals surface area (Å²) in [6, 6.07) is 1.07. The summed E-state index contributed by atoms with van der Waals surface area (Å²) in [5.41, 5.74) is 0. The molecule has 21 heavy (non-hydrogen) atoms. The number of nitrogens with zero attached hydrogens (tertiary/aromatic N) is 2. The van der Waals surface area contributed by atoms with Crippen molar-refractivity contribution in [1.82, 2.24) is 13.9 Å². The first-order valence-electron chi connectivity index (χ1n) is 8.65. The maximum Gasteiger partial charge on any atom is 0.282 e. The van der Waals surface area contributed by atoms with Gasteiger partial charge in [0.25, 0.3) is 10.2 Å². The average Bonchev–Trinajstić information content (AvgIpc) is 3.37. The van der Waals surface area contributed by atoms with E-state index in [-0.39, 0.29) is 12.1 Å². The molecular weight excluding hydrogens is 286 g/mol. The molecule has 1 N–H and O–H groups in total. The van der Waals surface area contributed by atoms with Crippen molar-refractivity contribution < 1.29 is 8.42 Å². The van der Waals surface area contributed by atoms with Crippen molar-refractivity contribution in [3.8, 4) is 0 Å². The first-order chi connectivity index (χ1) is 10.1. The van der Waals surface area contributed by atoms with E-state index in [4.69, 9.17) is 0 Å². The van der Waals surface area contributed by atoms with Crippen LogP contribution >= 0.6 is 0 Å². The van der Waals surface area contributed by atoms with Crippen LogP contribution in [0.25, 0.3) is 0 Å². The predicted octanol–water partition coefficient (Wildman–Crippen LogP) is 1.71. The molecule has 0 spiro atoms. The molecule has 0 bridgehead atoms. The Labute approximate surface area is 129 Å². The summed E-state index contributed by atoms with van der Waals surface area (Å²) in [6.45, 7) is 4.26. The van der Waals surface area contributed by atoms with E-state index in [0.29, 0.717) is 19.1 Å². The molecule has 2 saturated carbocycles. The normalized spacial score (nSPS) is 28.2. The van der Waals surface area contributed by atoms with Gasteiger partial charge in [-0.2, -0.15) is 17.0 Å². The third-order valence-electron chi connectivity index (χ3n) is 4.78. The van der Waals surface area contributed by atoms with Gasteiger partial charge in [0.05, 0.1) is 0 Å². The zero-order valence-corrected chi connectivity index (χ0v) is 13.9. The maximum absolute atomic E-state index is 13.1. The van der Waals surface area contributed by atoms with Crippen molar-refractivity contribution in [2.24, 2.45) is 0 Å². The standard InChI is InChI=1S/C15H29N3O2S/c1-2-10-17(14-8-9-14)21(19,20)18-11-4-3-5-15(18)12-16-13-6-7-13/h13-16H,2-12H2,1H3. The smallest absolute Gasteiger partial charge is 0.282 e. The van der Waals surface area contributed by atoms with E-state index >= 15 is 0 Å². The van der Waals surface area contributed by atoms with E-state index in [9.17, 15) is 8.42 Å². The molecule has 1 aliphatic heterocycles. The van der Waals surface area contributed by atoms with Gasteiger partial charge in [-0.25, -0.2) is 0 Å². The zero-order valence-electron chi connectivity index (χ0n) is 13.1. The Morgan fingerprint density at radius 1 is 1.14 bits per heavy atom. The summed E-state index contributed by atoms with van der Waals surface area (Å²) < 4.78 is 29.7. The lowest BCUT2D eigenvalue weighted by Gasteiger charge is -2.38. The Morgan fingerprint density at radius 3 is 2.52 bits per heavy atom. The molecule has 3 rings (SSSR count). The van der Waals surface area contributed by atoms with Crippen LogP contribution < -0.4 is 5.32 Å². The van der Waals surface area contributed by atoms with Crippen LogP contribution in [0.5, 0.6) is 0 Å². The predicted molar refractivity (Wildman–Crippen MR) is 84.3 cm³/mol. The van der Waals surface area contributed by atoms with Crippen molar-refractivity contribution >= 4 is 10.2 Å². The van der Waals surface area contributed by atoms with Crippen LogP contribution in [0.4, 0.5) is 0 Å². The molecule has 0 radical (unpaired) electrons. The van der Waals surface area contributed by atoms with Gasteiger partial charge in [0.15, 0.2) is 0 Å². The van der Waals surface area contributed by atoms with E-state index in [1.54, 1.807) is 8.61 Å². The summed E-state index contributed by atoms with van der Waals surface area (Å²) in [5, 5.41) is 3.52. The third kappa shape index (κ3) is 3.78. The minimum atomic E-state index is -3.27. The van der Waals surface area contributed by atoms with Crippen LogP contribution in [0.2, 0.25) is 0 Å². The highest BCUT2D eigenvalue weighted by atomic mass is 32.2. The van der Waals surface area contributed by atoms with Crippen molar-refractivity contribution in [2.75, 3.05) is 19.6 Å². The number of rotatable bonds is 8. The number of piperidine rings is 1. The van der Waals surface area contributed by atoms with Crippen LogP contribution in [0, 0.1) is 0 Å². The van der Waals surface area contributed by atoms with Crippen LogP contribution in [0.1, 0.15) is 58.3 Å². The lowest BCUT2D eigenvalue weighted by atomic mass is 10.1. The largest absolute Gasteiger partial charge is 0.312 e. The second kappa shape index (κ2) is 6.52. The number of nitrogens with one attached hydrogen (secondary N) is 1. The fourth-order valence-electron chi connectivity index (χ4n) is 3.28. The highest BCUT2D eigenvalue weighted by Gasteiger charge is 2.42. The minimum absolute atomic E-state index is 0.155. The topological polar surface area (TPSA) is 52.7 Å². The van der Waals surface area contributed by atoms with Crippen molar-refractivity contribution in [2.45, 2.75) is 76.4 Å². The number of hydrogen-bond donors (Lipinski definition) is 1. The van der Waals surface area contributed by atoms with E-state index in [2.05, 4.69) is 12.2 Å². The maximum atomic E-state index is 13.1. The van der Waals surface area contributed by atoms with Crippen molar-refractivity contribution in [3.05, 3.63) is 0 Å². The molecule has 2 aliphatic carbocycles. The highest BCUT2D eigenvalue weighted by Crippen LogP contribution is 2.33. The molecule has 1 unspecified atom stereocenters. The Bertz CT molecular complexity index is 446. The SMILES string of the molecule is CCCN(C1CC1)S(=O)(=O)N1CCCCC1CNC1CC1. The minimum Gasteiger partial charge on any atom is -0.312 e. The van der Waals surface area contributed by atoms with E-state index in [1.165, 1.54) is 12.8 Å². The second-order valence-electron chi connectivity index (χ2n) is 6.79. The second-order valence-corrected chi connectivity index (χ2v) is 8.63. The molecule has 0 aromatic rings. The van der Waals surface area contributed by atoms with E-state index < -0.39 is 10.2 Å². The molecule has 1 saturated heterocycles. The summed E-state index contributed by atoms with van der Waals surface area (Å²) in [5.74, 6) is 0. The molecule has 0 aromatic heterocycles. The Kier molecular flexibility index (Phi) is 4.88.